The number of hydrogen-bond acceptors (Lipinski definition) is 3. The molecule has 1 aliphatic carbocycles. The second-order valence-electron chi connectivity index (χ2n) is 4.86. The van der Waals surface area contributed by atoms with Crippen LogP contribution < -0.4 is 5.32 Å². The van der Waals surface area contributed by atoms with Gasteiger partial charge in [-0.15, -0.1) is 0 Å². The summed E-state index contributed by atoms with van der Waals surface area (Å²) < 4.78 is 7.75. The highest BCUT2D eigenvalue weighted by Crippen LogP contribution is 2.22. The van der Waals surface area contributed by atoms with E-state index in [0.29, 0.717) is 18.8 Å². The minimum absolute atomic E-state index is 0.435. The summed E-state index contributed by atoms with van der Waals surface area (Å²) in [5, 5.41) is 7.66. The standard InChI is InChI=1S/C13H23N3O/c1-3-14-12-4-6-13(7-5-12)17-10-11-8-15-16(2)9-11/h8-9,12-14H,3-7,10H2,1-2H3. The lowest BCUT2D eigenvalue weighted by Crippen LogP contribution is -2.35. The zero-order valence-corrected chi connectivity index (χ0v) is 10.9. The predicted molar refractivity (Wildman–Crippen MR) is 67.7 cm³/mol. The lowest BCUT2D eigenvalue weighted by atomic mass is 9.93. The van der Waals surface area contributed by atoms with Crippen molar-refractivity contribution in [3.63, 3.8) is 0 Å². The predicted octanol–water partition coefficient (Wildman–Crippen LogP) is 1.86. The number of ether oxygens (including phenoxy) is 1. The molecule has 2 rings (SSSR count). The molecule has 0 amide bonds. The van der Waals surface area contributed by atoms with Gasteiger partial charge in [0.25, 0.3) is 0 Å². The third kappa shape index (κ3) is 3.82. The van der Waals surface area contributed by atoms with Crippen molar-refractivity contribution in [1.29, 1.82) is 0 Å². The van der Waals surface area contributed by atoms with Crippen LogP contribution in [0.4, 0.5) is 0 Å². The molecular weight excluding hydrogens is 214 g/mol. The van der Waals surface area contributed by atoms with E-state index in [2.05, 4.69) is 17.3 Å². The van der Waals surface area contributed by atoms with Crippen LogP contribution in [-0.4, -0.2) is 28.5 Å². The third-order valence-corrected chi connectivity index (χ3v) is 3.41. The van der Waals surface area contributed by atoms with E-state index in [4.69, 9.17) is 4.74 Å². The van der Waals surface area contributed by atoms with Crippen molar-refractivity contribution >= 4 is 0 Å². The van der Waals surface area contributed by atoms with Gasteiger partial charge in [-0.05, 0) is 32.2 Å². The first-order chi connectivity index (χ1) is 8.28. The smallest absolute Gasteiger partial charge is 0.0751 e. The van der Waals surface area contributed by atoms with Gasteiger partial charge in [-0.1, -0.05) is 6.92 Å². The van der Waals surface area contributed by atoms with Gasteiger partial charge in [0, 0.05) is 24.8 Å². The SMILES string of the molecule is CCNC1CCC(OCc2cnn(C)c2)CC1. The molecule has 0 unspecified atom stereocenters. The van der Waals surface area contributed by atoms with Crippen LogP contribution in [0.3, 0.4) is 0 Å². The van der Waals surface area contributed by atoms with Crippen LogP contribution in [0.15, 0.2) is 12.4 Å². The molecule has 0 radical (unpaired) electrons. The van der Waals surface area contributed by atoms with E-state index < -0.39 is 0 Å². The quantitative estimate of drug-likeness (QED) is 0.849. The Morgan fingerprint density at radius 3 is 2.76 bits per heavy atom. The first kappa shape index (κ1) is 12.6. The summed E-state index contributed by atoms with van der Waals surface area (Å²) in [7, 11) is 1.94. The van der Waals surface area contributed by atoms with E-state index in [1.165, 1.54) is 31.2 Å². The summed E-state index contributed by atoms with van der Waals surface area (Å²) in [5.74, 6) is 0. The number of rotatable bonds is 5. The number of aryl methyl sites for hydroxylation is 1. The summed E-state index contributed by atoms with van der Waals surface area (Å²) >= 11 is 0. The molecular formula is C13H23N3O. The number of hydrogen-bond donors (Lipinski definition) is 1. The van der Waals surface area contributed by atoms with E-state index >= 15 is 0 Å². The average Bonchev–Trinajstić information content (AvgIpc) is 2.75. The fraction of sp³-hybridized carbons (Fsp3) is 0.769. The molecule has 1 aromatic rings. The van der Waals surface area contributed by atoms with Crippen molar-refractivity contribution in [2.24, 2.45) is 7.05 Å². The topological polar surface area (TPSA) is 39.1 Å². The van der Waals surface area contributed by atoms with Gasteiger partial charge in [0.2, 0.25) is 0 Å². The molecule has 1 aliphatic rings. The van der Waals surface area contributed by atoms with Crippen molar-refractivity contribution in [3.05, 3.63) is 18.0 Å². The Kier molecular flexibility index (Phi) is 4.57. The average molecular weight is 237 g/mol. The first-order valence-corrected chi connectivity index (χ1v) is 6.60. The van der Waals surface area contributed by atoms with Gasteiger partial charge in [-0.3, -0.25) is 4.68 Å². The fourth-order valence-corrected chi connectivity index (χ4v) is 2.48. The van der Waals surface area contributed by atoms with E-state index in [1.54, 1.807) is 0 Å². The zero-order chi connectivity index (χ0) is 12.1. The highest BCUT2D eigenvalue weighted by Gasteiger charge is 2.20. The van der Waals surface area contributed by atoms with E-state index in [1.807, 2.05) is 24.1 Å². The normalized spacial score (nSPS) is 25.1. The second kappa shape index (κ2) is 6.17. The monoisotopic (exact) mass is 237 g/mol. The molecule has 4 heteroatoms. The van der Waals surface area contributed by atoms with Crippen molar-refractivity contribution < 1.29 is 4.74 Å². The molecule has 1 fully saturated rings. The Bertz CT molecular complexity index is 329. The van der Waals surface area contributed by atoms with Crippen molar-refractivity contribution in [1.82, 2.24) is 15.1 Å². The van der Waals surface area contributed by atoms with Gasteiger partial charge in [-0.25, -0.2) is 0 Å². The van der Waals surface area contributed by atoms with Crippen LogP contribution >= 0.6 is 0 Å². The maximum absolute atomic E-state index is 5.93. The van der Waals surface area contributed by atoms with Gasteiger partial charge >= 0.3 is 0 Å². The molecule has 0 spiro atoms. The fourth-order valence-electron chi connectivity index (χ4n) is 2.48. The molecule has 1 N–H and O–H groups in total. The zero-order valence-electron chi connectivity index (χ0n) is 10.9. The molecule has 0 aliphatic heterocycles. The Balaban J connectivity index is 1.68. The first-order valence-electron chi connectivity index (χ1n) is 6.60. The van der Waals surface area contributed by atoms with Crippen LogP contribution in [-0.2, 0) is 18.4 Å². The molecule has 4 nitrogen and oxygen atoms in total. The minimum Gasteiger partial charge on any atom is -0.373 e. The number of aromatic nitrogens is 2. The van der Waals surface area contributed by atoms with Crippen LogP contribution in [0.1, 0.15) is 38.2 Å². The molecule has 1 saturated carbocycles. The Labute approximate surface area is 103 Å². The third-order valence-electron chi connectivity index (χ3n) is 3.41. The maximum Gasteiger partial charge on any atom is 0.0751 e. The van der Waals surface area contributed by atoms with Gasteiger partial charge in [0.15, 0.2) is 0 Å². The molecule has 0 aromatic carbocycles. The molecule has 1 aromatic heterocycles. The Morgan fingerprint density at radius 2 is 2.18 bits per heavy atom. The van der Waals surface area contributed by atoms with Crippen LogP contribution in [0.5, 0.6) is 0 Å². The van der Waals surface area contributed by atoms with Crippen LogP contribution in [0.2, 0.25) is 0 Å². The van der Waals surface area contributed by atoms with Gasteiger partial charge in [0.05, 0.1) is 18.9 Å². The van der Waals surface area contributed by atoms with Gasteiger partial charge < -0.3 is 10.1 Å². The van der Waals surface area contributed by atoms with E-state index in [0.717, 1.165) is 6.54 Å². The molecule has 17 heavy (non-hydrogen) atoms. The lowest BCUT2D eigenvalue weighted by molar-refractivity contribution is 0.0114. The summed E-state index contributed by atoms with van der Waals surface area (Å²) in [4.78, 5) is 0. The van der Waals surface area contributed by atoms with Crippen molar-refractivity contribution in [2.45, 2.75) is 51.4 Å². The highest BCUT2D eigenvalue weighted by atomic mass is 16.5. The summed E-state index contributed by atoms with van der Waals surface area (Å²) in [6.45, 7) is 3.95. The van der Waals surface area contributed by atoms with Crippen LogP contribution in [0.25, 0.3) is 0 Å². The van der Waals surface area contributed by atoms with Gasteiger partial charge in [-0.2, -0.15) is 5.10 Å². The molecule has 0 atom stereocenters. The molecule has 0 saturated heterocycles. The van der Waals surface area contributed by atoms with Crippen LogP contribution in [0, 0.1) is 0 Å². The lowest BCUT2D eigenvalue weighted by Gasteiger charge is -2.28. The van der Waals surface area contributed by atoms with Crippen molar-refractivity contribution in [2.75, 3.05) is 6.54 Å². The second-order valence-corrected chi connectivity index (χ2v) is 4.86. The summed E-state index contributed by atoms with van der Waals surface area (Å²) in [6.07, 6.45) is 9.17. The summed E-state index contributed by atoms with van der Waals surface area (Å²) in [6, 6.07) is 0.707. The Morgan fingerprint density at radius 1 is 1.41 bits per heavy atom. The van der Waals surface area contributed by atoms with E-state index in [-0.39, 0.29) is 0 Å². The molecule has 0 bridgehead atoms. The van der Waals surface area contributed by atoms with Gasteiger partial charge in [0.1, 0.15) is 0 Å². The summed E-state index contributed by atoms with van der Waals surface area (Å²) in [5.41, 5.74) is 1.17. The van der Waals surface area contributed by atoms with E-state index in [9.17, 15) is 0 Å². The Hall–Kier alpha value is -0.870. The largest absolute Gasteiger partial charge is 0.373 e. The minimum atomic E-state index is 0.435. The highest BCUT2D eigenvalue weighted by molar-refractivity contribution is 5.01. The van der Waals surface area contributed by atoms with Crippen molar-refractivity contribution in [3.8, 4) is 0 Å². The maximum atomic E-state index is 5.93. The molecule has 96 valence electrons. The number of nitrogens with zero attached hydrogens (tertiary/aromatic N) is 2. The molecule has 1 heterocycles. The number of nitrogens with one attached hydrogen (secondary N) is 1.